The SMILES string of the molecule is COc1nc(N[C@@H]2CCCN(c3nn(C)c4c(N)cccc34)C2)ncc1C#N. The van der Waals surface area contributed by atoms with Gasteiger partial charge in [-0.1, -0.05) is 6.07 Å². The molecule has 0 amide bonds. The van der Waals surface area contributed by atoms with Crippen LogP contribution in [0.15, 0.2) is 24.4 Å². The number of nitrogens with zero attached hydrogens (tertiary/aromatic N) is 6. The highest BCUT2D eigenvalue weighted by Gasteiger charge is 2.25. The van der Waals surface area contributed by atoms with Gasteiger partial charge in [0.05, 0.1) is 24.5 Å². The van der Waals surface area contributed by atoms with Crippen LogP contribution in [0, 0.1) is 11.3 Å². The molecular weight excluding hydrogens is 356 g/mol. The lowest BCUT2D eigenvalue weighted by Gasteiger charge is -2.33. The van der Waals surface area contributed by atoms with Gasteiger partial charge in [-0.2, -0.15) is 15.3 Å². The van der Waals surface area contributed by atoms with Crippen molar-refractivity contribution in [2.45, 2.75) is 18.9 Å². The van der Waals surface area contributed by atoms with Crippen molar-refractivity contribution in [1.29, 1.82) is 5.26 Å². The molecule has 4 rings (SSSR count). The monoisotopic (exact) mass is 378 g/mol. The Morgan fingerprint density at radius 1 is 1.39 bits per heavy atom. The van der Waals surface area contributed by atoms with E-state index in [4.69, 9.17) is 20.8 Å². The van der Waals surface area contributed by atoms with Gasteiger partial charge in [-0.25, -0.2) is 4.98 Å². The van der Waals surface area contributed by atoms with Crippen molar-refractivity contribution in [3.05, 3.63) is 30.0 Å². The molecule has 0 radical (unpaired) electrons. The van der Waals surface area contributed by atoms with E-state index in [0.29, 0.717) is 11.5 Å². The number of ether oxygens (including phenoxy) is 1. The van der Waals surface area contributed by atoms with Crippen LogP contribution in [0.5, 0.6) is 5.88 Å². The maximum atomic E-state index is 9.08. The molecule has 3 heterocycles. The van der Waals surface area contributed by atoms with Crippen molar-refractivity contribution in [2.24, 2.45) is 7.05 Å². The third-order valence-corrected chi connectivity index (χ3v) is 5.00. The smallest absolute Gasteiger partial charge is 0.236 e. The van der Waals surface area contributed by atoms with Gasteiger partial charge >= 0.3 is 0 Å². The van der Waals surface area contributed by atoms with Crippen LogP contribution in [0.3, 0.4) is 0 Å². The minimum Gasteiger partial charge on any atom is -0.480 e. The maximum Gasteiger partial charge on any atom is 0.236 e. The molecule has 1 aromatic carbocycles. The molecule has 1 atom stereocenters. The molecule has 3 N–H and O–H groups in total. The summed E-state index contributed by atoms with van der Waals surface area (Å²) in [7, 11) is 3.41. The van der Waals surface area contributed by atoms with E-state index in [0.717, 1.165) is 48.3 Å². The number of hydrogen-bond donors (Lipinski definition) is 2. The van der Waals surface area contributed by atoms with Crippen LogP contribution in [-0.2, 0) is 7.05 Å². The average molecular weight is 378 g/mol. The minimum absolute atomic E-state index is 0.157. The van der Waals surface area contributed by atoms with Crippen LogP contribution in [0.2, 0.25) is 0 Å². The second-order valence-electron chi connectivity index (χ2n) is 6.85. The Morgan fingerprint density at radius 2 is 2.25 bits per heavy atom. The number of piperidine rings is 1. The fourth-order valence-electron chi connectivity index (χ4n) is 3.72. The fourth-order valence-corrected chi connectivity index (χ4v) is 3.72. The molecule has 9 heteroatoms. The predicted octanol–water partition coefficient (Wildman–Crippen LogP) is 1.91. The second-order valence-corrected chi connectivity index (χ2v) is 6.85. The number of para-hydroxylation sites is 1. The number of hydrogen-bond acceptors (Lipinski definition) is 8. The third kappa shape index (κ3) is 3.13. The van der Waals surface area contributed by atoms with Crippen molar-refractivity contribution >= 4 is 28.4 Å². The van der Waals surface area contributed by atoms with Gasteiger partial charge in [0.1, 0.15) is 11.6 Å². The first-order valence-corrected chi connectivity index (χ1v) is 9.14. The van der Waals surface area contributed by atoms with Gasteiger partial charge in [-0.05, 0) is 25.0 Å². The Labute approximate surface area is 162 Å². The molecule has 0 bridgehead atoms. The van der Waals surface area contributed by atoms with Crippen molar-refractivity contribution < 1.29 is 4.74 Å². The largest absolute Gasteiger partial charge is 0.480 e. The lowest BCUT2D eigenvalue weighted by molar-refractivity contribution is 0.395. The number of nitriles is 1. The summed E-state index contributed by atoms with van der Waals surface area (Å²) >= 11 is 0. The van der Waals surface area contributed by atoms with Crippen LogP contribution in [0.4, 0.5) is 17.5 Å². The highest BCUT2D eigenvalue weighted by atomic mass is 16.5. The molecule has 0 aliphatic carbocycles. The Hall–Kier alpha value is -3.54. The summed E-state index contributed by atoms with van der Waals surface area (Å²) in [5.74, 6) is 1.67. The van der Waals surface area contributed by atoms with Gasteiger partial charge in [0.2, 0.25) is 11.8 Å². The molecule has 0 unspecified atom stereocenters. The first-order valence-electron chi connectivity index (χ1n) is 9.14. The first kappa shape index (κ1) is 17.9. The number of benzene rings is 1. The molecule has 3 aromatic rings. The molecule has 2 aromatic heterocycles. The molecule has 9 nitrogen and oxygen atoms in total. The highest BCUT2D eigenvalue weighted by Crippen LogP contribution is 2.31. The Kier molecular flexibility index (Phi) is 4.61. The van der Waals surface area contributed by atoms with Crippen LogP contribution in [0.1, 0.15) is 18.4 Å². The van der Waals surface area contributed by atoms with Crippen LogP contribution < -0.4 is 20.7 Å². The summed E-state index contributed by atoms with van der Waals surface area (Å²) in [5.41, 5.74) is 8.13. The van der Waals surface area contributed by atoms with Gasteiger partial charge in [-0.15, -0.1) is 0 Å². The van der Waals surface area contributed by atoms with Crippen LogP contribution in [-0.4, -0.2) is 46.0 Å². The summed E-state index contributed by atoms with van der Waals surface area (Å²) in [6.07, 6.45) is 3.49. The molecule has 0 saturated carbocycles. The van der Waals surface area contributed by atoms with E-state index < -0.39 is 0 Å². The number of nitrogens with two attached hydrogens (primary N) is 1. The van der Waals surface area contributed by atoms with Crippen molar-refractivity contribution in [1.82, 2.24) is 19.7 Å². The molecule has 1 aliphatic rings. The zero-order valence-electron chi connectivity index (χ0n) is 15.9. The molecule has 1 aliphatic heterocycles. The third-order valence-electron chi connectivity index (χ3n) is 5.00. The lowest BCUT2D eigenvalue weighted by atomic mass is 10.1. The van der Waals surface area contributed by atoms with E-state index in [1.54, 1.807) is 0 Å². The van der Waals surface area contributed by atoms with Gasteiger partial charge in [-0.3, -0.25) is 4.68 Å². The van der Waals surface area contributed by atoms with Crippen LogP contribution in [0.25, 0.3) is 10.9 Å². The number of aryl methyl sites for hydroxylation is 1. The molecule has 144 valence electrons. The fraction of sp³-hybridized carbons (Fsp3) is 0.368. The number of anilines is 3. The number of aromatic nitrogens is 4. The number of rotatable bonds is 4. The summed E-state index contributed by atoms with van der Waals surface area (Å²) in [6, 6.07) is 8.09. The van der Waals surface area contributed by atoms with E-state index in [1.807, 2.05) is 29.9 Å². The summed E-state index contributed by atoms with van der Waals surface area (Å²) in [4.78, 5) is 10.8. The van der Waals surface area contributed by atoms with Crippen molar-refractivity contribution in [3.63, 3.8) is 0 Å². The van der Waals surface area contributed by atoms with Crippen molar-refractivity contribution in [3.8, 4) is 11.9 Å². The lowest BCUT2D eigenvalue weighted by Crippen LogP contribution is -2.42. The average Bonchev–Trinajstić information content (AvgIpc) is 3.06. The topological polar surface area (TPSA) is 118 Å². The van der Waals surface area contributed by atoms with E-state index in [2.05, 4.69) is 26.3 Å². The zero-order valence-corrected chi connectivity index (χ0v) is 15.9. The van der Waals surface area contributed by atoms with Crippen molar-refractivity contribution in [2.75, 3.05) is 36.1 Å². The number of methoxy groups -OCH3 is 1. The predicted molar refractivity (Wildman–Crippen MR) is 107 cm³/mol. The maximum absolute atomic E-state index is 9.08. The molecule has 0 spiro atoms. The highest BCUT2D eigenvalue weighted by molar-refractivity contribution is 5.97. The number of fused-ring (bicyclic) bond motifs is 1. The van der Waals surface area contributed by atoms with E-state index >= 15 is 0 Å². The summed E-state index contributed by atoms with van der Waals surface area (Å²) in [6.45, 7) is 1.70. The zero-order chi connectivity index (χ0) is 19.7. The quantitative estimate of drug-likeness (QED) is 0.661. The summed E-state index contributed by atoms with van der Waals surface area (Å²) in [5, 5.41) is 18.2. The Balaban J connectivity index is 1.56. The van der Waals surface area contributed by atoms with Gasteiger partial charge in [0.15, 0.2) is 5.82 Å². The van der Waals surface area contributed by atoms with Gasteiger partial charge in [0, 0.05) is 31.6 Å². The summed E-state index contributed by atoms with van der Waals surface area (Å²) < 4.78 is 7.01. The number of nitrogen functional groups attached to an aromatic ring is 1. The van der Waals surface area contributed by atoms with Crippen LogP contribution >= 0.6 is 0 Å². The normalized spacial score (nSPS) is 16.8. The molecular formula is C19H22N8O. The Morgan fingerprint density at radius 3 is 3.04 bits per heavy atom. The minimum atomic E-state index is 0.157. The second kappa shape index (κ2) is 7.23. The van der Waals surface area contributed by atoms with Gasteiger partial charge in [0.25, 0.3) is 0 Å². The number of nitrogens with one attached hydrogen (secondary N) is 1. The van der Waals surface area contributed by atoms with E-state index in [1.165, 1.54) is 13.3 Å². The van der Waals surface area contributed by atoms with E-state index in [-0.39, 0.29) is 11.9 Å². The van der Waals surface area contributed by atoms with Gasteiger partial charge < -0.3 is 20.7 Å². The molecule has 28 heavy (non-hydrogen) atoms. The standard InChI is InChI=1S/C19H22N8O/c1-26-16-14(6-3-7-15(16)21)17(25-26)27-8-4-5-13(11-27)23-19-22-10-12(9-20)18(24-19)28-2/h3,6-7,10,13H,4-5,8,11,21H2,1-2H3,(H,22,23,24)/t13-/m1/s1. The van der Waals surface area contributed by atoms with E-state index in [9.17, 15) is 0 Å². The molecule has 1 saturated heterocycles. The Bertz CT molecular complexity index is 1050. The first-order chi connectivity index (χ1) is 13.6. The molecule has 1 fully saturated rings.